The minimum absolute atomic E-state index is 0.0394. The molecule has 0 amide bonds. The molecule has 1 aromatic heterocycles. The molecule has 0 saturated heterocycles. The average molecular weight is 242 g/mol. The molecule has 82 valence electrons. The topological polar surface area (TPSA) is 37.8 Å². The Morgan fingerprint density at radius 2 is 1.88 bits per heavy atom. The van der Waals surface area contributed by atoms with Gasteiger partial charge in [0.15, 0.2) is 11.0 Å². The highest BCUT2D eigenvalue weighted by Gasteiger charge is 2.07. The summed E-state index contributed by atoms with van der Waals surface area (Å²) in [6.45, 7) is 0. The van der Waals surface area contributed by atoms with Crippen LogP contribution >= 0.6 is 11.6 Å². The lowest BCUT2D eigenvalue weighted by Crippen LogP contribution is -1.98. The van der Waals surface area contributed by atoms with Crippen LogP contribution in [0.4, 0.5) is 20.3 Å². The molecule has 0 aliphatic carbocycles. The number of hydrogen-bond acceptors (Lipinski definition) is 3. The van der Waals surface area contributed by atoms with Gasteiger partial charge in [-0.15, -0.1) is 0 Å². The van der Waals surface area contributed by atoms with Gasteiger partial charge >= 0.3 is 0 Å². The average Bonchev–Trinajstić information content (AvgIpc) is 2.27. The first kappa shape index (κ1) is 10.8. The van der Waals surface area contributed by atoms with Crippen LogP contribution in [0.2, 0.25) is 5.15 Å². The van der Waals surface area contributed by atoms with Gasteiger partial charge in [0, 0.05) is 18.5 Å². The minimum Gasteiger partial charge on any atom is -0.335 e. The van der Waals surface area contributed by atoms with Gasteiger partial charge in [-0.25, -0.2) is 18.7 Å². The van der Waals surface area contributed by atoms with Crippen LogP contribution in [-0.4, -0.2) is 9.97 Å². The molecule has 0 unspecified atom stereocenters. The summed E-state index contributed by atoms with van der Waals surface area (Å²) in [6, 6.07) is 3.06. The molecule has 3 nitrogen and oxygen atoms in total. The Bertz CT molecular complexity index is 519. The van der Waals surface area contributed by atoms with E-state index in [0.717, 1.165) is 18.2 Å². The normalized spacial score (nSPS) is 10.2. The van der Waals surface area contributed by atoms with E-state index < -0.39 is 11.6 Å². The van der Waals surface area contributed by atoms with Gasteiger partial charge in [-0.1, -0.05) is 11.6 Å². The number of nitrogens with one attached hydrogen (secondary N) is 1. The number of anilines is 2. The van der Waals surface area contributed by atoms with E-state index in [-0.39, 0.29) is 16.7 Å². The molecule has 0 saturated carbocycles. The van der Waals surface area contributed by atoms with E-state index in [1.54, 1.807) is 0 Å². The standard InChI is InChI=1S/C10H6ClF2N3/c11-9-10(15-4-3-14-9)16-8-5-6(12)1-2-7(8)13/h1-5H,(H,15,16). The van der Waals surface area contributed by atoms with E-state index in [0.29, 0.717) is 0 Å². The largest absolute Gasteiger partial charge is 0.335 e. The first-order valence-electron chi connectivity index (χ1n) is 4.35. The summed E-state index contributed by atoms with van der Waals surface area (Å²) in [4.78, 5) is 7.60. The Labute approximate surface area is 95.1 Å². The Morgan fingerprint density at radius 3 is 2.62 bits per heavy atom. The maximum absolute atomic E-state index is 13.3. The van der Waals surface area contributed by atoms with Crippen LogP contribution in [0, 0.1) is 11.6 Å². The number of aromatic nitrogens is 2. The Kier molecular flexibility index (Phi) is 2.96. The molecule has 1 heterocycles. The molecule has 1 N–H and O–H groups in total. The van der Waals surface area contributed by atoms with Crippen LogP contribution in [0.15, 0.2) is 30.6 Å². The monoisotopic (exact) mass is 241 g/mol. The van der Waals surface area contributed by atoms with Gasteiger partial charge in [0.05, 0.1) is 5.69 Å². The number of hydrogen-bond donors (Lipinski definition) is 1. The van der Waals surface area contributed by atoms with Gasteiger partial charge in [0.25, 0.3) is 0 Å². The molecule has 6 heteroatoms. The van der Waals surface area contributed by atoms with E-state index in [4.69, 9.17) is 11.6 Å². The van der Waals surface area contributed by atoms with E-state index in [1.165, 1.54) is 12.4 Å². The van der Waals surface area contributed by atoms with Crippen molar-refractivity contribution in [1.29, 1.82) is 0 Å². The lowest BCUT2D eigenvalue weighted by molar-refractivity contribution is 0.603. The SMILES string of the molecule is Fc1ccc(F)c(Nc2nccnc2Cl)c1. The predicted molar refractivity (Wildman–Crippen MR) is 56.7 cm³/mol. The summed E-state index contributed by atoms with van der Waals surface area (Å²) in [6.07, 6.45) is 2.79. The summed E-state index contributed by atoms with van der Waals surface area (Å²) in [7, 11) is 0. The summed E-state index contributed by atoms with van der Waals surface area (Å²) < 4.78 is 26.1. The Hall–Kier alpha value is -1.75. The third-order valence-corrected chi connectivity index (χ3v) is 2.11. The number of rotatable bonds is 2. The maximum Gasteiger partial charge on any atom is 0.171 e. The molecule has 16 heavy (non-hydrogen) atoms. The third kappa shape index (κ3) is 2.25. The van der Waals surface area contributed by atoms with Gasteiger partial charge in [-0.3, -0.25) is 0 Å². The summed E-state index contributed by atoms with van der Waals surface area (Å²) in [5.41, 5.74) is -0.0394. The molecule has 0 spiro atoms. The molecule has 0 fully saturated rings. The molecular formula is C10H6ClF2N3. The molecule has 0 aliphatic heterocycles. The van der Waals surface area contributed by atoms with Gasteiger partial charge < -0.3 is 5.32 Å². The molecule has 2 rings (SSSR count). The number of nitrogens with zero attached hydrogens (tertiary/aromatic N) is 2. The quantitative estimate of drug-likeness (QED) is 0.878. The van der Waals surface area contributed by atoms with Crippen molar-refractivity contribution in [3.63, 3.8) is 0 Å². The highest BCUT2D eigenvalue weighted by atomic mass is 35.5. The summed E-state index contributed by atoms with van der Waals surface area (Å²) >= 11 is 5.71. The van der Waals surface area contributed by atoms with Gasteiger partial charge in [-0.2, -0.15) is 0 Å². The second-order valence-electron chi connectivity index (χ2n) is 2.94. The van der Waals surface area contributed by atoms with Crippen molar-refractivity contribution < 1.29 is 8.78 Å². The first-order valence-corrected chi connectivity index (χ1v) is 4.73. The van der Waals surface area contributed by atoms with E-state index >= 15 is 0 Å². The van der Waals surface area contributed by atoms with Gasteiger partial charge in [0.2, 0.25) is 0 Å². The van der Waals surface area contributed by atoms with Crippen molar-refractivity contribution in [3.05, 3.63) is 47.4 Å². The third-order valence-electron chi connectivity index (χ3n) is 1.84. The lowest BCUT2D eigenvalue weighted by Gasteiger charge is -2.07. The summed E-state index contributed by atoms with van der Waals surface area (Å²) in [5.74, 6) is -0.972. The smallest absolute Gasteiger partial charge is 0.171 e. The van der Waals surface area contributed by atoms with Crippen LogP contribution in [-0.2, 0) is 0 Å². The predicted octanol–water partition coefficient (Wildman–Crippen LogP) is 3.15. The van der Waals surface area contributed by atoms with Crippen molar-refractivity contribution in [2.45, 2.75) is 0 Å². The van der Waals surface area contributed by atoms with Crippen molar-refractivity contribution >= 4 is 23.1 Å². The molecule has 2 aromatic rings. The fourth-order valence-electron chi connectivity index (χ4n) is 1.13. The van der Waals surface area contributed by atoms with Crippen molar-refractivity contribution in [1.82, 2.24) is 9.97 Å². The van der Waals surface area contributed by atoms with Crippen LogP contribution in [0.3, 0.4) is 0 Å². The van der Waals surface area contributed by atoms with E-state index in [9.17, 15) is 8.78 Å². The second-order valence-corrected chi connectivity index (χ2v) is 3.30. The molecular weight excluding hydrogens is 236 g/mol. The minimum atomic E-state index is -0.594. The number of benzene rings is 1. The zero-order valence-corrected chi connectivity index (χ0v) is 8.67. The zero-order valence-electron chi connectivity index (χ0n) is 7.92. The first-order chi connectivity index (χ1) is 7.66. The van der Waals surface area contributed by atoms with Gasteiger partial charge in [0.1, 0.15) is 11.6 Å². The zero-order chi connectivity index (χ0) is 11.5. The summed E-state index contributed by atoms with van der Waals surface area (Å²) in [5, 5.41) is 2.65. The van der Waals surface area contributed by atoms with Crippen LogP contribution in [0.25, 0.3) is 0 Å². The molecule has 0 aliphatic rings. The molecule has 0 radical (unpaired) electrons. The van der Waals surface area contributed by atoms with Crippen LogP contribution in [0.1, 0.15) is 0 Å². The van der Waals surface area contributed by atoms with E-state index in [2.05, 4.69) is 15.3 Å². The Balaban J connectivity index is 2.34. The highest BCUT2D eigenvalue weighted by Crippen LogP contribution is 2.23. The Morgan fingerprint density at radius 1 is 1.12 bits per heavy atom. The van der Waals surface area contributed by atoms with Crippen LogP contribution < -0.4 is 5.32 Å². The fraction of sp³-hybridized carbons (Fsp3) is 0. The molecule has 1 aromatic carbocycles. The molecule has 0 bridgehead atoms. The highest BCUT2D eigenvalue weighted by molar-refractivity contribution is 6.31. The van der Waals surface area contributed by atoms with Crippen molar-refractivity contribution in [2.75, 3.05) is 5.32 Å². The molecule has 0 atom stereocenters. The number of halogens is 3. The van der Waals surface area contributed by atoms with Gasteiger partial charge in [-0.05, 0) is 12.1 Å². The van der Waals surface area contributed by atoms with Crippen molar-refractivity contribution in [2.24, 2.45) is 0 Å². The second kappa shape index (κ2) is 4.40. The fourth-order valence-corrected chi connectivity index (χ4v) is 1.28. The maximum atomic E-state index is 13.3. The van der Waals surface area contributed by atoms with E-state index in [1.807, 2.05) is 0 Å². The van der Waals surface area contributed by atoms with Crippen molar-refractivity contribution in [3.8, 4) is 0 Å². The lowest BCUT2D eigenvalue weighted by atomic mass is 10.3. The van der Waals surface area contributed by atoms with Crippen LogP contribution in [0.5, 0.6) is 0 Å².